The van der Waals surface area contributed by atoms with Crippen LogP contribution in [0, 0.1) is 5.92 Å². The molecule has 3 heteroatoms. The van der Waals surface area contributed by atoms with Gasteiger partial charge in [0.15, 0.2) is 0 Å². The van der Waals surface area contributed by atoms with E-state index in [4.69, 9.17) is 0 Å². The van der Waals surface area contributed by atoms with Crippen molar-refractivity contribution >= 4 is 0 Å². The summed E-state index contributed by atoms with van der Waals surface area (Å²) in [4.78, 5) is 4.43. The van der Waals surface area contributed by atoms with E-state index in [1.54, 1.807) is 0 Å². The third kappa shape index (κ3) is 2.46. The minimum Gasteiger partial charge on any atom is -0.331 e. The lowest BCUT2D eigenvalue weighted by Crippen LogP contribution is -2.30. The minimum atomic E-state index is 0.679. The molecule has 1 saturated heterocycles. The molecule has 2 aliphatic rings. The first-order chi connectivity index (χ1) is 8.84. The molecule has 0 aromatic carbocycles. The molecular formula is C15H25N3. The Kier molecular flexibility index (Phi) is 3.69. The van der Waals surface area contributed by atoms with Gasteiger partial charge in [0, 0.05) is 30.4 Å². The first-order valence-electron chi connectivity index (χ1n) is 7.57. The Balaban J connectivity index is 1.77. The monoisotopic (exact) mass is 247 g/mol. The molecule has 1 aliphatic heterocycles. The third-order valence-corrected chi connectivity index (χ3v) is 4.71. The van der Waals surface area contributed by atoms with E-state index >= 15 is 0 Å². The van der Waals surface area contributed by atoms with Crippen LogP contribution in [-0.2, 0) is 0 Å². The van der Waals surface area contributed by atoms with E-state index in [-0.39, 0.29) is 0 Å². The zero-order valence-corrected chi connectivity index (χ0v) is 11.4. The van der Waals surface area contributed by atoms with Crippen LogP contribution in [0.4, 0.5) is 0 Å². The van der Waals surface area contributed by atoms with Crippen LogP contribution in [0.1, 0.15) is 63.1 Å². The van der Waals surface area contributed by atoms with Crippen LogP contribution in [0.2, 0.25) is 0 Å². The second-order valence-corrected chi connectivity index (χ2v) is 6.19. The maximum absolute atomic E-state index is 4.43. The number of nitrogens with zero attached hydrogens (tertiary/aromatic N) is 2. The van der Waals surface area contributed by atoms with Crippen molar-refractivity contribution in [1.82, 2.24) is 14.9 Å². The fourth-order valence-corrected chi connectivity index (χ4v) is 3.70. The molecule has 2 heterocycles. The average molecular weight is 247 g/mol. The lowest BCUT2D eigenvalue weighted by atomic mass is 9.86. The molecule has 1 N–H and O–H groups in total. The van der Waals surface area contributed by atoms with Gasteiger partial charge >= 0.3 is 0 Å². The van der Waals surface area contributed by atoms with Crippen LogP contribution >= 0.6 is 0 Å². The van der Waals surface area contributed by atoms with Gasteiger partial charge in [-0.2, -0.15) is 0 Å². The quantitative estimate of drug-likeness (QED) is 0.870. The molecule has 100 valence electrons. The highest BCUT2D eigenvalue weighted by molar-refractivity contribution is 5.10. The van der Waals surface area contributed by atoms with Crippen molar-refractivity contribution < 1.29 is 0 Å². The highest BCUT2D eigenvalue weighted by Gasteiger charge is 2.25. The third-order valence-electron chi connectivity index (χ3n) is 4.71. The van der Waals surface area contributed by atoms with E-state index in [9.17, 15) is 0 Å². The highest BCUT2D eigenvalue weighted by atomic mass is 15.1. The zero-order chi connectivity index (χ0) is 12.4. The van der Waals surface area contributed by atoms with E-state index in [1.165, 1.54) is 50.8 Å². The summed E-state index contributed by atoms with van der Waals surface area (Å²) < 4.78 is 2.49. The van der Waals surface area contributed by atoms with Crippen molar-refractivity contribution in [3.8, 4) is 0 Å². The van der Waals surface area contributed by atoms with Gasteiger partial charge in [-0.15, -0.1) is 0 Å². The van der Waals surface area contributed by atoms with Crippen LogP contribution in [-0.4, -0.2) is 22.6 Å². The summed E-state index contributed by atoms with van der Waals surface area (Å²) in [6, 6.07) is 0.702. The van der Waals surface area contributed by atoms with Gasteiger partial charge in [0.2, 0.25) is 0 Å². The lowest BCUT2D eigenvalue weighted by molar-refractivity contribution is 0.273. The molecule has 2 fully saturated rings. The minimum absolute atomic E-state index is 0.679. The van der Waals surface area contributed by atoms with E-state index in [1.807, 2.05) is 0 Å². The predicted molar refractivity (Wildman–Crippen MR) is 73.7 cm³/mol. The Morgan fingerprint density at radius 1 is 1.28 bits per heavy atom. The smallest absolute Gasteiger partial charge is 0.0950 e. The fourth-order valence-electron chi connectivity index (χ4n) is 3.70. The number of hydrogen-bond donors (Lipinski definition) is 1. The maximum atomic E-state index is 4.43. The van der Waals surface area contributed by atoms with Crippen molar-refractivity contribution in [2.45, 2.75) is 57.4 Å². The molecule has 3 nitrogen and oxygen atoms in total. The summed E-state index contributed by atoms with van der Waals surface area (Å²) in [5.41, 5.74) is 1.47. The Morgan fingerprint density at radius 3 is 3.00 bits per heavy atom. The highest BCUT2D eigenvalue weighted by Crippen LogP contribution is 2.35. The molecule has 0 amide bonds. The van der Waals surface area contributed by atoms with E-state index in [0.29, 0.717) is 12.0 Å². The molecule has 1 aromatic heterocycles. The molecule has 3 atom stereocenters. The van der Waals surface area contributed by atoms with E-state index in [0.717, 1.165) is 12.5 Å². The number of nitrogens with one attached hydrogen (secondary N) is 1. The van der Waals surface area contributed by atoms with Crippen molar-refractivity contribution in [2.75, 3.05) is 13.1 Å². The SMILES string of the molecule is CC1CCCC(n2cncc2C2CCCNC2)C1. The standard InChI is InChI=1S/C15H25N3/c1-12-4-2-6-14(8-12)18-11-17-10-15(18)13-5-3-7-16-9-13/h10-14,16H,2-9H2,1H3. The summed E-state index contributed by atoms with van der Waals surface area (Å²) in [7, 11) is 0. The van der Waals surface area contributed by atoms with Crippen LogP contribution in [0.3, 0.4) is 0 Å². The van der Waals surface area contributed by atoms with E-state index in [2.05, 4.69) is 34.3 Å². The fraction of sp³-hybridized carbons (Fsp3) is 0.800. The molecule has 0 radical (unpaired) electrons. The topological polar surface area (TPSA) is 29.9 Å². The summed E-state index contributed by atoms with van der Waals surface area (Å²) >= 11 is 0. The number of imidazole rings is 1. The maximum Gasteiger partial charge on any atom is 0.0950 e. The van der Waals surface area contributed by atoms with Crippen LogP contribution < -0.4 is 5.32 Å². The van der Waals surface area contributed by atoms with Gasteiger partial charge in [0.1, 0.15) is 0 Å². The zero-order valence-electron chi connectivity index (χ0n) is 11.4. The first kappa shape index (κ1) is 12.2. The second kappa shape index (κ2) is 5.43. The van der Waals surface area contributed by atoms with Gasteiger partial charge in [0.25, 0.3) is 0 Å². The van der Waals surface area contributed by atoms with Gasteiger partial charge in [-0.05, 0) is 38.1 Å². The molecule has 1 saturated carbocycles. The Morgan fingerprint density at radius 2 is 2.22 bits per heavy atom. The Labute approximate surface area is 110 Å². The number of rotatable bonds is 2. The number of piperidine rings is 1. The van der Waals surface area contributed by atoms with Gasteiger partial charge in [-0.1, -0.05) is 19.8 Å². The summed E-state index contributed by atoms with van der Waals surface area (Å²) in [5, 5.41) is 3.52. The lowest BCUT2D eigenvalue weighted by Gasteiger charge is -2.31. The number of hydrogen-bond acceptors (Lipinski definition) is 2. The molecular weight excluding hydrogens is 222 g/mol. The largest absolute Gasteiger partial charge is 0.331 e. The van der Waals surface area contributed by atoms with Crippen LogP contribution in [0.15, 0.2) is 12.5 Å². The molecule has 18 heavy (non-hydrogen) atoms. The van der Waals surface area contributed by atoms with Crippen molar-refractivity contribution in [2.24, 2.45) is 5.92 Å². The van der Waals surface area contributed by atoms with Crippen molar-refractivity contribution in [3.05, 3.63) is 18.2 Å². The van der Waals surface area contributed by atoms with Crippen molar-refractivity contribution in [1.29, 1.82) is 0 Å². The van der Waals surface area contributed by atoms with Crippen LogP contribution in [0.25, 0.3) is 0 Å². The van der Waals surface area contributed by atoms with Crippen LogP contribution in [0.5, 0.6) is 0 Å². The average Bonchev–Trinajstić information content (AvgIpc) is 2.89. The first-order valence-corrected chi connectivity index (χ1v) is 7.57. The van der Waals surface area contributed by atoms with Gasteiger partial charge < -0.3 is 9.88 Å². The number of aromatic nitrogens is 2. The Bertz CT molecular complexity index is 379. The molecule has 1 aliphatic carbocycles. The molecule has 0 spiro atoms. The molecule has 0 bridgehead atoms. The van der Waals surface area contributed by atoms with Crippen molar-refractivity contribution in [3.63, 3.8) is 0 Å². The second-order valence-electron chi connectivity index (χ2n) is 6.19. The van der Waals surface area contributed by atoms with E-state index < -0.39 is 0 Å². The summed E-state index contributed by atoms with van der Waals surface area (Å²) in [6.07, 6.45) is 12.3. The summed E-state index contributed by atoms with van der Waals surface area (Å²) in [6.45, 7) is 4.71. The normalized spacial score (nSPS) is 33.5. The predicted octanol–water partition coefficient (Wildman–Crippen LogP) is 3.10. The Hall–Kier alpha value is -0.830. The molecule has 1 aromatic rings. The van der Waals surface area contributed by atoms with Gasteiger partial charge in [-0.3, -0.25) is 0 Å². The van der Waals surface area contributed by atoms with Gasteiger partial charge in [-0.25, -0.2) is 4.98 Å². The van der Waals surface area contributed by atoms with Gasteiger partial charge in [0.05, 0.1) is 6.33 Å². The summed E-state index contributed by atoms with van der Waals surface area (Å²) in [5.74, 6) is 1.56. The molecule has 3 rings (SSSR count). The molecule has 3 unspecified atom stereocenters.